The molecule has 1 fully saturated rings. The van der Waals surface area contributed by atoms with E-state index in [0.29, 0.717) is 17.9 Å². The number of rotatable bonds is 8. The normalized spacial score (nSPS) is 16.5. The first kappa shape index (κ1) is 19.8. The number of imide groups is 1. The van der Waals surface area contributed by atoms with Gasteiger partial charge in [-0.05, 0) is 43.2 Å². The predicted octanol–water partition coefficient (Wildman–Crippen LogP) is 1.69. The number of carbonyl (C=O) groups excluding carboxylic acids is 3. The Morgan fingerprint density at radius 3 is 2.50 bits per heavy atom. The lowest BCUT2D eigenvalue weighted by Gasteiger charge is -2.14. The SMILES string of the molecule is CCOC(=O)c1ccc(N2C(=O)C[C@@H]([NH2+]CCCc3ccccc3)C2=O)cc1. The van der Waals surface area contributed by atoms with Gasteiger partial charge >= 0.3 is 5.97 Å². The fourth-order valence-corrected chi connectivity index (χ4v) is 3.34. The Morgan fingerprint density at radius 2 is 1.82 bits per heavy atom. The molecule has 0 aromatic heterocycles. The van der Waals surface area contributed by atoms with Crippen LogP contribution >= 0.6 is 0 Å². The minimum absolute atomic E-state index is 0.198. The van der Waals surface area contributed by atoms with Gasteiger partial charge in [-0.1, -0.05) is 30.3 Å². The Balaban J connectivity index is 1.55. The highest BCUT2D eigenvalue weighted by molar-refractivity contribution is 6.21. The van der Waals surface area contributed by atoms with Crippen LogP contribution in [0.25, 0.3) is 0 Å². The van der Waals surface area contributed by atoms with E-state index >= 15 is 0 Å². The smallest absolute Gasteiger partial charge is 0.338 e. The van der Waals surface area contributed by atoms with E-state index in [2.05, 4.69) is 12.1 Å². The molecule has 0 bridgehead atoms. The molecule has 6 heteroatoms. The summed E-state index contributed by atoms with van der Waals surface area (Å²) in [6.45, 7) is 2.82. The lowest BCUT2D eigenvalue weighted by atomic mass is 10.1. The molecular weight excluding hydrogens is 356 g/mol. The molecule has 6 nitrogen and oxygen atoms in total. The minimum Gasteiger partial charge on any atom is -0.462 e. The fourth-order valence-electron chi connectivity index (χ4n) is 3.34. The molecule has 2 amide bonds. The summed E-state index contributed by atoms with van der Waals surface area (Å²) in [6, 6.07) is 16.2. The molecule has 1 aliphatic heterocycles. The van der Waals surface area contributed by atoms with Gasteiger partial charge in [-0.3, -0.25) is 9.59 Å². The van der Waals surface area contributed by atoms with Gasteiger partial charge < -0.3 is 10.1 Å². The molecule has 1 atom stereocenters. The number of benzene rings is 2. The van der Waals surface area contributed by atoms with Crippen molar-refractivity contribution in [1.29, 1.82) is 0 Å². The van der Waals surface area contributed by atoms with Crippen molar-refractivity contribution < 1.29 is 24.4 Å². The number of hydrogen-bond donors (Lipinski definition) is 1. The highest BCUT2D eigenvalue weighted by atomic mass is 16.5. The van der Waals surface area contributed by atoms with E-state index in [0.717, 1.165) is 19.4 Å². The third-order valence-corrected chi connectivity index (χ3v) is 4.78. The number of carbonyl (C=O) groups is 3. The van der Waals surface area contributed by atoms with Crippen molar-refractivity contribution in [2.45, 2.75) is 32.2 Å². The molecule has 0 spiro atoms. The summed E-state index contributed by atoms with van der Waals surface area (Å²) in [6.07, 6.45) is 2.09. The molecule has 2 aromatic rings. The van der Waals surface area contributed by atoms with E-state index in [1.54, 1.807) is 31.2 Å². The highest BCUT2D eigenvalue weighted by Gasteiger charge is 2.42. The predicted molar refractivity (Wildman–Crippen MR) is 105 cm³/mol. The van der Waals surface area contributed by atoms with Crippen LogP contribution in [0, 0.1) is 0 Å². The first-order chi connectivity index (χ1) is 13.6. The molecule has 28 heavy (non-hydrogen) atoms. The standard InChI is InChI=1S/C22H24N2O4/c1-2-28-22(27)17-10-12-18(13-11-17)24-20(25)15-19(21(24)26)23-14-6-9-16-7-4-3-5-8-16/h3-5,7-8,10-13,19,23H,2,6,9,14-15H2,1H3/p+1/t19-/m1/s1. The van der Waals surface area contributed by atoms with Gasteiger partial charge in [-0.2, -0.15) is 0 Å². The fraction of sp³-hybridized carbons (Fsp3) is 0.318. The number of ether oxygens (including phenoxy) is 1. The lowest BCUT2D eigenvalue weighted by molar-refractivity contribution is -0.674. The molecule has 2 N–H and O–H groups in total. The van der Waals surface area contributed by atoms with E-state index in [9.17, 15) is 14.4 Å². The van der Waals surface area contributed by atoms with Gasteiger partial charge in [0.2, 0.25) is 5.91 Å². The summed E-state index contributed by atoms with van der Waals surface area (Å²) in [4.78, 5) is 38.0. The van der Waals surface area contributed by atoms with Crippen molar-refractivity contribution >= 4 is 23.5 Å². The van der Waals surface area contributed by atoms with Crippen molar-refractivity contribution in [2.24, 2.45) is 0 Å². The van der Waals surface area contributed by atoms with Crippen LogP contribution in [0.15, 0.2) is 54.6 Å². The van der Waals surface area contributed by atoms with E-state index < -0.39 is 5.97 Å². The van der Waals surface area contributed by atoms with Crippen LogP contribution in [0.2, 0.25) is 0 Å². The summed E-state index contributed by atoms with van der Waals surface area (Å²) in [5.74, 6) is -0.829. The third kappa shape index (κ3) is 4.64. The zero-order valence-corrected chi connectivity index (χ0v) is 16.0. The van der Waals surface area contributed by atoms with Gasteiger partial charge in [0, 0.05) is 6.42 Å². The van der Waals surface area contributed by atoms with Crippen molar-refractivity contribution in [1.82, 2.24) is 0 Å². The van der Waals surface area contributed by atoms with E-state index in [1.807, 2.05) is 23.5 Å². The lowest BCUT2D eigenvalue weighted by Crippen LogP contribution is -2.91. The zero-order chi connectivity index (χ0) is 19.9. The molecular formula is C22H25N2O4+. The molecule has 0 aliphatic carbocycles. The maximum Gasteiger partial charge on any atom is 0.338 e. The topological polar surface area (TPSA) is 80.3 Å². The summed E-state index contributed by atoms with van der Waals surface area (Å²) in [5, 5.41) is 1.95. The van der Waals surface area contributed by atoms with Gasteiger partial charge in [0.1, 0.15) is 0 Å². The zero-order valence-electron chi connectivity index (χ0n) is 16.0. The second kappa shape index (κ2) is 9.28. The Bertz CT molecular complexity index is 833. The Kier molecular flexibility index (Phi) is 6.55. The van der Waals surface area contributed by atoms with Crippen LogP contribution < -0.4 is 10.2 Å². The van der Waals surface area contributed by atoms with Gasteiger partial charge in [0.05, 0.1) is 30.8 Å². The molecule has 1 heterocycles. The minimum atomic E-state index is -0.419. The number of aryl methyl sites for hydroxylation is 1. The van der Waals surface area contributed by atoms with Crippen molar-refractivity contribution in [3.8, 4) is 0 Å². The number of esters is 1. The van der Waals surface area contributed by atoms with Crippen molar-refractivity contribution in [3.63, 3.8) is 0 Å². The number of hydrogen-bond acceptors (Lipinski definition) is 4. The number of anilines is 1. The van der Waals surface area contributed by atoms with Crippen LogP contribution in [-0.4, -0.2) is 37.0 Å². The number of nitrogens with zero attached hydrogens (tertiary/aromatic N) is 1. The van der Waals surface area contributed by atoms with Crippen molar-refractivity contribution in [3.05, 3.63) is 65.7 Å². The molecule has 0 unspecified atom stereocenters. The first-order valence-corrected chi connectivity index (χ1v) is 9.61. The second-order valence-electron chi connectivity index (χ2n) is 6.76. The maximum atomic E-state index is 12.7. The summed E-state index contributed by atoms with van der Waals surface area (Å²) >= 11 is 0. The van der Waals surface area contributed by atoms with Crippen LogP contribution in [0.1, 0.15) is 35.7 Å². The summed E-state index contributed by atoms with van der Waals surface area (Å²) in [7, 11) is 0. The Hall–Kier alpha value is -2.99. The van der Waals surface area contributed by atoms with Gasteiger partial charge in [0.25, 0.3) is 5.91 Å². The van der Waals surface area contributed by atoms with E-state index in [-0.39, 0.29) is 24.3 Å². The van der Waals surface area contributed by atoms with E-state index in [4.69, 9.17) is 4.74 Å². The Morgan fingerprint density at radius 1 is 1.11 bits per heavy atom. The van der Waals surface area contributed by atoms with Crippen LogP contribution in [0.3, 0.4) is 0 Å². The van der Waals surface area contributed by atoms with Gasteiger partial charge in [0.15, 0.2) is 6.04 Å². The monoisotopic (exact) mass is 381 g/mol. The molecule has 0 saturated carbocycles. The summed E-state index contributed by atoms with van der Waals surface area (Å²) in [5.41, 5.74) is 2.16. The van der Waals surface area contributed by atoms with Crippen LogP contribution in [0.4, 0.5) is 5.69 Å². The third-order valence-electron chi connectivity index (χ3n) is 4.78. The van der Waals surface area contributed by atoms with Crippen molar-refractivity contribution in [2.75, 3.05) is 18.1 Å². The average Bonchev–Trinajstić information content (AvgIpc) is 2.99. The Labute approximate surface area is 164 Å². The quantitative estimate of drug-likeness (QED) is 0.429. The molecule has 1 aliphatic rings. The van der Waals surface area contributed by atoms with Crippen LogP contribution in [0.5, 0.6) is 0 Å². The van der Waals surface area contributed by atoms with Gasteiger partial charge in [-0.25, -0.2) is 9.69 Å². The summed E-state index contributed by atoms with van der Waals surface area (Å²) < 4.78 is 4.95. The van der Waals surface area contributed by atoms with Gasteiger partial charge in [-0.15, -0.1) is 0 Å². The van der Waals surface area contributed by atoms with E-state index in [1.165, 1.54) is 10.5 Å². The largest absolute Gasteiger partial charge is 0.462 e. The maximum absolute atomic E-state index is 12.7. The first-order valence-electron chi connectivity index (χ1n) is 9.61. The molecule has 146 valence electrons. The highest BCUT2D eigenvalue weighted by Crippen LogP contribution is 2.22. The molecule has 0 radical (unpaired) electrons. The average molecular weight is 381 g/mol. The molecule has 2 aromatic carbocycles. The number of amides is 2. The molecule has 1 saturated heterocycles. The number of nitrogens with two attached hydrogens (primary N) is 1. The van der Waals surface area contributed by atoms with Crippen LogP contribution in [-0.2, 0) is 20.7 Å². The number of quaternary nitrogens is 1. The second-order valence-corrected chi connectivity index (χ2v) is 6.76. The molecule has 3 rings (SSSR count).